The van der Waals surface area contributed by atoms with Gasteiger partial charge in [-0.05, 0) is 37.7 Å². The number of aryl methyl sites for hydroxylation is 1. The molecule has 4 aromatic heterocycles. The Labute approximate surface area is 145 Å². The van der Waals surface area contributed by atoms with E-state index in [-0.39, 0.29) is 0 Å². The molecule has 0 aliphatic rings. The standard InChI is InChI=1S/C18H19N7/c1-3-19-9-15-23-17(13-7-8-16-20-11-21-25(16)10-13)18(24-15)14-6-4-5-12(2)22-14/h4-8,10-11,19H,3,9H2,1-2H3,(H,23,24). The molecule has 25 heavy (non-hydrogen) atoms. The monoisotopic (exact) mass is 333 g/mol. The van der Waals surface area contributed by atoms with Gasteiger partial charge in [-0.25, -0.2) is 14.5 Å². The van der Waals surface area contributed by atoms with Crippen molar-refractivity contribution in [3.8, 4) is 22.6 Å². The number of aromatic amines is 1. The Morgan fingerprint density at radius 3 is 2.92 bits per heavy atom. The van der Waals surface area contributed by atoms with Crippen molar-refractivity contribution >= 4 is 5.65 Å². The van der Waals surface area contributed by atoms with Crippen molar-refractivity contribution in [1.29, 1.82) is 0 Å². The summed E-state index contributed by atoms with van der Waals surface area (Å²) in [4.78, 5) is 17.1. The Morgan fingerprint density at radius 2 is 2.08 bits per heavy atom. The van der Waals surface area contributed by atoms with E-state index >= 15 is 0 Å². The second kappa shape index (κ2) is 6.45. The first-order valence-corrected chi connectivity index (χ1v) is 8.28. The number of rotatable bonds is 5. The van der Waals surface area contributed by atoms with Crippen molar-refractivity contribution in [2.75, 3.05) is 6.54 Å². The van der Waals surface area contributed by atoms with Crippen LogP contribution < -0.4 is 5.32 Å². The fourth-order valence-corrected chi connectivity index (χ4v) is 2.78. The highest BCUT2D eigenvalue weighted by atomic mass is 15.3. The number of nitrogens with one attached hydrogen (secondary N) is 2. The first-order chi connectivity index (χ1) is 12.2. The first kappa shape index (κ1) is 15.5. The van der Waals surface area contributed by atoms with E-state index in [1.165, 1.54) is 0 Å². The van der Waals surface area contributed by atoms with Gasteiger partial charge in [0.05, 0.1) is 23.6 Å². The molecule has 0 spiro atoms. The van der Waals surface area contributed by atoms with Crippen molar-refractivity contribution in [3.63, 3.8) is 0 Å². The highest BCUT2D eigenvalue weighted by Crippen LogP contribution is 2.29. The third-order valence-corrected chi connectivity index (χ3v) is 3.99. The normalized spacial score (nSPS) is 11.3. The molecule has 0 fully saturated rings. The molecule has 0 aromatic carbocycles. The van der Waals surface area contributed by atoms with E-state index in [1.54, 1.807) is 10.8 Å². The van der Waals surface area contributed by atoms with Crippen molar-refractivity contribution in [2.24, 2.45) is 0 Å². The predicted octanol–water partition coefficient (Wildman–Crippen LogP) is 2.60. The summed E-state index contributed by atoms with van der Waals surface area (Å²) in [6.45, 7) is 5.63. The van der Waals surface area contributed by atoms with Gasteiger partial charge in [-0.15, -0.1) is 0 Å². The van der Waals surface area contributed by atoms with Gasteiger partial charge >= 0.3 is 0 Å². The minimum absolute atomic E-state index is 0.681. The van der Waals surface area contributed by atoms with Crippen LogP contribution in [0.1, 0.15) is 18.4 Å². The summed E-state index contributed by atoms with van der Waals surface area (Å²) in [5.41, 5.74) is 5.40. The van der Waals surface area contributed by atoms with Crippen LogP contribution in [0, 0.1) is 6.92 Å². The van der Waals surface area contributed by atoms with Crippen LogP contribution in [0.25, 0.3) is 28.3 Å². The van der Waals surface area contributed by atoms with Crippen molar-refractivity contribution in [3.05, 3.63) is 54.4 Å². The van der Waals surface area contributed by atoms with Gasteiger partial charge in [0.25, 0.3) is 0 Å². The molecule has 7 heteroatoms. The minimum atomic E-state index is 0.681. The largest absolute Gasteiger partial charge is 0.339 e. The number of pyridine rings is 2. The van der Waals surface area contributed by atoms with Crippen LogP contribution in [0.3, 0.4) is 0 Å². The Bertz CT molecular complexity index is 1020. The number of hydrogen-bond acceptors (Lipinski definition) is 5. The van der Waals surface area contributed by atoms with Gasteiger partial charge in [0.15, 0.2) is 5.65 Å². The SMILES string of the molecule is CCNCc1nc(-c2ccc3ncnn3c2)c(-c2cccc(C)n2)[nH]1. The molecule has 0 bridgehead atoms. The highest BCUT2D eigenvalue weighted by molar-refractivity contribution is 5.77. The van der Waals surface area contributed by atoms with Gasteiger partial charge < -0.3 is 10.3 Å². The lowest BCUT2D eigenvalue weighted by Crippen LogP contribution is -2.12. The zero-order valence-corrected chi connectivity index (χ0v) is 14.2. The van der Waals surface area contributed by atoms with Crippen molar-refractivity contribution in [2.45, 2.75) is 20.4 Å². The number of H-pyrrole nitrogens is 1. The Morgan fingerprint density at radius 1 is 1.16 bits per heavy atom. The molecule has 0 radical (unpaired) electrons. The average molecular weight is 333 g/mol. The van der Waals surface area contributed by atoms with Gasteiger partial charge in [0.1, 0.15) is 12.2 Å². The molecule has 126 valence electrons. The Kier molecular flexibility index (Phi) is 3.99. The number of hydrogen-bond donors (Lipinski definition) is 2. The van der Waals surface area contributed by atoms with Gasteiger partial charge in [-0.3, -0.25) is 4.98 Å². The quantitative estimate of drug-likeness (QED) is 0.586. The highest BCUT2D eigenvalue weighted by Gasteiger charge is 2.16. The summed E-state index contributed by atoms with van der Waals surface area (Å²) < 4.78 is 1.75. The van der Waals surface area contributed by atoms with E-state index in [9.17, 15) is 0 Å². The van der Waals surface area contributed by atoms with Gasteiger partial charge in [-0.1, -0.05) is 13.0 Å². The van der Waals surface area contributed by atoms with E-state index in [4.69, 9.17) is 4.98 Å². The number of aromatic nitrogens is 6. The van der Waals surface area contributed by atoms with Gasteiger partial charge in [-0.2, -0.15) is 5.10 Å². The lowest BCUT2D eigenvalue weighted by molar-refractivity contribution is 0.698. The molecular weight excluding hydrogens is 314 g/mol. The maximum atomic E-state index is 4.80. The van der Waals surface area contributed by atoms with Crippen molar-refractivity contribution in [1.82, 2.24) is 34.9 Å². The summed E-state index contributed by atoms with van der Waals surface area (Å²) in [6.07, 6.45) is 3.48. The van der Waals surface area contributed by atoms with Crippen LogP contribution in [0.2, 0.25) is 0 Å². The summed E-state index contributed by atoms with van der Waals surface area (Å²) in [7, 11) is 0. The van der Waals surface area contributed by atoms with Crippen LogP contribution >= 0.6 is 0 Å². The van der Waals surface area contributed by atoms with Crippen LogP contribution in [-0.2, 0) is 6.54 Å². The summed E-state index contributed by atoms with van der Waals surface area (Å²) in [5.74, 6) is 0.883. The van der Waals surface area contributed by atoms with Gasteiger partial charge in [0, 0.05) is 17.5 Å². The van der Waals surface area contributed by atoms with Crippen LogP contribution in [0.5, 0.6) is 0 Å². The molecule has 7 nitrogen and oxygen atoms in total. The third-order valence-electron chi connectivity index (χ3n) is 3.99. The molecule has 2 N–H and O–H groups in total. The summed E-state index contributed by atoms with van der Waals surface area (Å²) >= 11 is 0. The van der Waals surface area contributed by atoms with Crippen LogP contribution in [0.4, 0.5) is 0 Å². The number of nitrogens with zero attached hydrogens (tertiary/aromatic N) is 5. The fraction of sp³-hybridized carbons (Fsp3) is 0.222. The van der Waals surface area contributed by atoms with Crippen LogP contribution in [0.15, 0.2) is 42.9 Å². The lowest BCUT2D eigenvalue weighted by Gasteiger charge is -2.04. The zero-order chi connectivity index (χ0) is 17.2. The topological polar surface area (TPSA) is 83.8 Å². The number of fused-ring (bicyclic) bond motifs is 1. The molecular formula is C18H19N7. The van der Waals surface area contributed by atoms with E-state index in [2.05, 4.69) is 32.3 Å². The number of imidazole rings is 1. The van der Waals surface area contributed by atoms with Gasteiger partial charge in [0.2, 0.25) is 0 Å². The predicted molar refractivity (Wildman–Crippen MR) is 95.9 cm³/mol. The summed E-state index contributed by atoms with van der Waals surface area (Å²) in [5, 5.41) is 7.52. The Hall–Kier alpha value is -3.06. The molecule has 0 saturated carbocycles. The summed E-state index contributed by atoms with van der Waals surface area (Å²) in [6, 6.07) is 9.94. The maximum absolute atomic E-state index is 4.80. The fourth-order valence-electron chi connectivity index (χ4n) is 2.78. The van der Waals surface area contributed by atoms with E-state index in [0.717, 1.165) is 46.4 Å². The molecule has 0 unspecified atom stereocenters. The van der Waals surface area contributed by atoms with E-state index in [0.29, 0.717) is 6.54 Å². The van der Waals surface area contributed by atoms with Crippen LogP contribution in [-0.4, -0.2) is 36.1 Å². The molecule has 0 aliphatic heterocycles. The minimum Gasteiger partial charge on any atom is -0.339 e. The second-order valence-corrected chi connectivity index (χ2v) is 5.83. The molecule has 0 amide bonds. The first-order valence-electron chi connectivity index (χ1n) is 8.28. The third kappa shape index (κ3) is 3.01. The smallest absolute Gasteiger partial charge is 0.155 e. The zero-order valence-electron chi connectivity index (χ0n) is 14.2. The molecule has 4 rings (SSSR count). The molecule has 0 saturated heterocycles. The van der Waals surface area contributed by atoms with E-state index in [1.807, 2.05) is 43.5 Å². The van der Waals surface area contributed by atoms with E-state index < -0.39 is 0 Å². The van der Waals surface area contributed by atoms with Crippen molar-refractivity contribution < 1.29 is 0 Å². The second-order valence-electron chi connectivity index (χ2n) is 5.83. The molecule has 4 heterocycles. The molecule has 0 atom stereocenters. The molecule has 0 aliphatic carbocycles. The molecule has 4 aromatic rings. The Balaban J connectivity index is 1.85. The maximum Gasteiger partial charge on any atom is 0.155 e. The lowest BCUT2D eigenvalue weighted by atomic mass is 10.1. The average Bonchev–Trinajstić information content (AvgIpc) is 3.26.